The molecule has 0 bridgehead atoms. The van der Waals surface area contributed by atoms with E-state index in [4.69, 9.17) is 4.74 Å². The van der Waals surface area contributed by atoms with Gasteiger partial charge in [0.05, 0.1) is 31.1 Å². The number of carbonyl (C=O) groups is 1. The van der Waals surface area contributed by atoms with Crippen LogP contribution >= 0.6 is 0 Å². The number of sulfonamides is 1. The van der Waals surface area contributed by atoms with E-state index >= 15 is 0 Å². The summed E-state index contributed by atoms with van der Waals surface area (Å²) < 4.78 is 30.8. The number of amides is 1. The predicted octanol–water partition coefficient (Wildman–Crippen LogP) is 2.64. The Kier molecular flexibility index (Phi) is 5.91. The number of ether oxygens (including phenoxy) is 1. The molecule has 0 fully saturated rings. The smallest absolute Gasteiger partial charge is 0.239 e. The van der Waals surface area contributed by atoms with Crippen molar-refractivity contribution in [2.24, 2.45) is 0 Å². The average Bonchev–Trinajstić information content (AvgIpc) is 2.67. The summed E-state index contributed by atoms with van der Waals surface area (Å²) >= 11 is 0. The zero-order chi connectivity index (χ0) is 20.1. The lowest BCUT2D eigenvalue weighted by Crippen LogP contribution is -2.37. The third-order valence-electron chi connectivity index (χ3n) is 4.24. The van der Waals surface area contributed by atoms with Crippen molar-refractivity contribution in [3.8, 4) is 5.75 Å². The molecule has 0 aliphatic heterocycles. The number of anilines is 1. The Morgan fingerprint density at radius 3 is 2.61 bits per heavy atom. The number of methoxy groups -OCH3 is 1. The molecule has 0 unspecified atom stereocenters. The zero-order valence-electron chi connectivity index (χ0n) is 15.6. The van der Waals surface area contributed by atoms with Gasteiger partial charge in [0.25, 0.3) is 0 Å². The maximum absolute atomic E-state index is 12.6. The number of hydrogen-bond donors (Lipinski definition) is 1. The molecule has 3 aromatic rings. The number of nitrogens with one attached hydrogen (secondary N) is 1. The van der Waals surface area contributed by atoms with Crippen LogP contribution in [-0.2, 0) is 21.4 Å². The van der Waals surface area contributed by atoms with E-state index in [1.807, 2.05) is 24.3 Å². The van der Waals surface area contributed by atoms with E-state index < -0.39 is 15.9 Å². The highest BCUT2D eigenvalue weighted by molar-refractivity contribution is 7.88. The van der Waals surface area contributed by atoms with Crippen LogP contribution in [0.25, 0.3) is 10.9 Å². The molecular weight excluding hydrogens is 378 g/mol. The summed E-state index contributed by atoms with van der Waals surface area (Å²) in [7, 11) is -2.10. The monoisotopic (exact) mass is 399 g/mol. The van der Waals surface area contributed by atoms with E-state index in [9.17, 15) is 13.2 Å². The normalized spacial score (nSPS) is 11.5. The van der Waals surface area contributed by atoms with Gasteiger partial charge in [-0.2, -0.15) is 4.31 Å². The highest BCUT2D eigenvalue weighted by atomic mass is 32.2. The summed E-state index contributed by atoms with van der Waals surface area (Å²) in [4.78, 5) is 16.9. The van der Waals surface area contributed by atoms with Crippen molar-refractivity contribution in [3.05, 3.63) is 66.4 Å². The lowest BCUT2D eigenvalue weighted by atomic mass is 10.2. The second-order valence-electron chi connectivity index (χ2n) is 6.27. The number of aromatic nitrogens is 1. The predicted molar refractivity (Wildman–Crippen MR) is 109 cm³/mol. The molecule has 0 spiro atoms. The highest BCUT2D eigenvalue weighted by Gasteiger charge is 2.22. The maximum atomic E-state index is 12.6. The minimum atomic E-state index is -3.62. The first-order valence-corrected chi connectivity index (χ1v) is 10.4. The first kappa shape index (κ1) is 19.8. The van der Waals surface area contributed by atoms with Crippen LogP contribution in [0, 0.1) is 0 Å². The van der Waals surface area contributed by atoms with Gasteiger partial charge in [-0.1, -0.05) is 36.4 Å². The van der Waals surface area contributed by atoms with E-state index in [-0.39, 0.29) is 13.1 Å². The third kappa shape index (κ3) is 4.65. The number of fused-ring (bicyclic) bond motifs is 1. The molecule has 0 saturated heterocycles. The zero-order valence-corrected chi connectivity index (χ0v) is 16.4. The Bertz CT molecular complexity index is 1090. The lowest BCUT2D eigenvalue weighted by Gasteiger charge is -2.21. The first-order valence-electron chi connectivity index (χ1n) is 8.59. The Balaban J connectivity index is 1.80. The first-order chi connectivity index (χ1) is 13.4. The second-order valence-corrected chi connectivity index (χ2v) is 8.25. The number of benzene rings is 2. The average molecular weight is 399 g/mol. The van der Waals surface area contributed by atoms with Gasteiger partial charge in [0.1, 0.15) is 5.75 Å². The molecule has 8 heteroatoms. The Morgan fingerprint density at radius 1 is 1.11 bits per heavy atom. The minimum absolute atomic E-state index is 0.0318. The van der Waals surface area contributed by atoms with E-state index in [2.05, 4.69) is 10.3 Å². The SMILES string of the molecule is COc1ccccc1CN(CC(=O)Nc1cccc2cccnc12)S(C)(=O)=O. The molecule has 146 valence electrons. The van der Waals surface area contributed by atoms with E-state index in [0.717, 1.165) is 15.9 Å². The number of hydrogen-bond acceptors (Lipinski definition) is 5. The van der Waals surface area contributed by atoms with Crippen LogP contribution in [0.2, 0.25) is 0 Å². The maximum Gasteiger partial charge on any atom is 0.239 e. The fourth-order valence-electron chi connectivity index (χ4n) is 2.87. The molecule has 7 nitrogen and oxygen atoms in total. The van der Waals surface area contributed by atoms with Crippen LogP contribution in [0.3, 0.4) is 0 Å². The van der Waals surface area contributed by atoms with Gasteiger partial charge in [0.2, 0.25) is 15.9 Å². The van der Waals surface area contributed by atoms with Gasteiger partial charge in [-0.15, -0.1) is 0 Å². The number of para-hydroxylation sites is 2. The molecule has 0 aliphatic carbocycles. The summed E-state index contributed by atoms with van der Waals surface area (Å²) in [6.45, 7) is -0.288. The molecule has 0 atom stereocenters. The van der Waals surface area contributed by atoms with Crippen molar-refractivity contribution < 1.29 is 17.9 Å². The Morgan fingerprint density at radius 2 is 1.86 bits per heavy atom. The van der Waals surface area contributed by atoms with E-state index in [0.29, 0.717) is 22.5 Å². The van der Waals surface area contributed by atoms with E-state index in [1.54, 1.807) is 36.5 Å². The largest absolute Gasteiger partial charge is 0.496 e. The van der Waals surface area contributed by atoms with Crippen LogP contribution in [-0.4, -0.2) is 43.5 Å². The summed E-state index contributed by atoms with van der Waals surface area (Å²) in [5.41, 5.74) is 1.86. The van der Waals surface area contributed by atoms with Crippen molar-refractivity contribution in [1.29, 1.82) is 0 Å². The lowest BCUT2D eigenvalue weighted by molar-refractivity contribution is -0.116. The fraction of sp³-hybridized carbons (Fsp3) is 0.200. The van der Waals surface area contributed by atoms with Crippen LogP contribution < -0.4 is 10.1 Å². The molecule has 3 rings (SSSR count). The topological polar surface area (TPSA) is 88.6 Å². The number of carbonyl (C=O) groups excluding carboxylic acids is 1. The van der Waals surface area contributed by atoms with Gasteiger partial charge in [-0.3, -0.25) is 9.78 Å². The number of rotatable bonds is 7. The Labute approximate surface area is 164 Å². The van der Waals surface area contributed by atoms with Crippen LogP contribution in [0.4, 0.5) is 5.69 Å². The number of pyridine rings is 1. The molecule has 0 radical (unpaired) electrons. The van der Waals surface area contributed by atoms with Crippen molar-refractivity contribution in [1.82, 2.24) is 9.29 Å². The fourth-order valence-corrected chi connectivity index (χ4v) is 3.59. The van der Waals surface area contributed by atoms with Crippen molar-refractivity contribution in [3.63, 3.8) is 0 Å². The third-order valence-corrected chi connectivity index (χ3v) is 5.43. The van der Waals surface area contributed by atoms with Crippen molar-refractivity contribution >= 4 is 32.5 Å². The van der Waals surface area contributed by atoms with Gasteiger partial charge in [-0.25, -0.2) is 8.42 Å². The molecule has 2 aromatic carbocycles. The van der Waals surface area contributed by atoms with Gasteiger partial charge in [0.15, 0.2) is 0 Å². The summed E-state index contributed by atoms with van der Waals surface area (Å²) in [5.74, 6) is 0.119. The summed E-state index contributed by atoms with van der Waals surface area (Å²) in [5, 5.41) is 3.65. The van der Waals surface area contributed by atoms with Gasteiger partial charge >= 0.3 is 0 Å². The molecular formula is C20H21N3O4S. The highest BCUT2D eigenvalue weighted by Crippen LogP contribution is 2.22. The van der Waals surface area contributed by atoms with Gasteiger partial charge < -0.3 is 10.1 Å². The molecule has 1 amide bonds. The van der Waals surface area contributed by atoms with Crippen molar-refractivity contribution in [2.75, 3.05) is 25.2 Å². The molecule has 1 N–H and O–H groups in total. The molecule has 28 heavy (non-hydrogen) atoms. The Hall–Kier alpha value is -2.97. The molecule has 1 heterocycles. The summed E-state index contributed by atoms with van der Waals surface area (Å²) in [6, 6.07) is 16.2. The van der Waals surface area contributed by atoms with Gasteiger partial charge in [-0.05, 0) is 18.2 Å². The van der Waals surface area contributed by atoms with Crippen molar-refractivity contribution in [2.45, 2.75) is 6.54 Å². The van der Waals surface area contributed by atoms with Crippen LogP contribution in [0.1, 0.15) is 5.56 Å². The molecule has 0 aliphatic rings. The van der Waals surface area contributed by atoms with E-state index in [1.165, 1.54) is 7.11 Å². The molecule has 1 aromatic heterocycles. The second kappa shape index (κ2) is 8.37. The van der Waals surface area contributed by atoms with Crippen LogP contribution in [0.5, 0.6) is 5.75 Å². The number of nitrogens with zero attached hydrogens (tertiary/aromatic N) is 2. The summed E-state index contributed by atoms with van der Waals surface area (Å²) in [6.07, 6.45) is 2.72. The molecule has 0 saturated carbocycles. The van der Waals surface area contributed by atoms with Crippen LogP contribution in [0.15, 0.2) is 60.8 Å². The standard InChI is InChI=1S/C20H21N3O4S/c1-27-18-11-4-3-7-16(18)13-23(28(2,25)26)14-19(24)22-17-10-5-8-15-9-6-12-21-20(15)17/h3-12H,13-14H2,1-2H3,(H,22,24). The van der Waals surface area contributed by atoms with Gasteiger partial charge in [0, 0.05) is 23.7 Å². The quantitative estimate of drug-likeness (QED) is 0.660. The minimum Gasteiger partial charge on any atom is -0.496 e.